The molecule has 0 radical (unpaired) electrons. The molecule has 0 amide bonds. The maximum atomic E-state index is 10.6. The number of fused-ring (bicyclic) bond motifs is 2. The van der Waals surface area contributed by atoms with Crippen molar-refractivity contribution in [1.29, 1.82) is 0 Å². The third kappa shape index (κ3) is 4.15. The molecule has 0 spiro atoms. The van der Waals surface area contributed by atoms with E-state index in [1.165, 1.54) is 5.56 Å². The highest BCUT2D eigenvalue weighted by Crippen LogP contribution is 2.43. The van der Waals surface area contributed by atoms with Crippen molar-refractivity contribution in [3.8, 4) is 45.7 Å². The van der Waals surface area contributed by atoms with Crippen molar-refractivity contribution in [1.82, 2.24) is 15.0 Å². The van der Waals surface area contributed by atoms with Crippen LogP contribution in [0.25, 0.3) is 55.4 Å². The maximum Gasteiger partial charge on any atom is 0.320 e. The Morgan fingerprint density at radius 1 is 0.568 bits per heavy atom. The number of hydrogen-bond donors (Lipinski definition) is 1. The molecule has 0 fully saturated rings. The zero-order chi connectivity index (χ0) is 25.4. The average molecular weight is 484 g/mol. The number of benzene rings is 5. The number of aromatic hydroxyl groups is 1. The molecule has 5 aromatic carbocycles. The van der Waals surface area contributed by atoms with Gasteiger partial charge >= 0.3 is 6.01 Å². The lowest BCUT2D eigenvalue weighted by molar-refractivity contribution is 0.222. The number of ether oxygens (including phenoxy) is 1. The topological polar surface area (TPSA) is 68.1 Å². The first-order valence-corrected chi connectivity index (χ1v) is 12.3. The van der Waals surface area contributed by atoms with E-state index in [1.54, 1.807) is 18.2 Å². The van der Waals surface area contributed by atoms with E-state index in [0.717, 1.165) is 32.7 Å². The molecule has 6 rings (SSSR count). The molecule has 0 bridgehead atoms. The fraction of sp³-hybridized carbons (Fsp3) is 0.0938. The Kier molecular flexibility index (Phi) is 5.73. The summed E-state index contributed by atoms with van der Waals surface area (Å²) < 4.78 is 5.95. The van der Waals surface area contributed by atoms with Crippen LogP contribution in [0.1, 0.15) is 13.8 Å². The minimum absolute atomic E-state index is 0.101. The monoisotopic (exact) mass is 483 g/mol. The highest BCUT2D eigenvalue weighted by molar-refractivity contribution is 6.20. The fourth-order valence-corrected chi connectivity index (χ4v) is 4.80. The molecule has 0 aliphatic heterocycles. The van der Waals surface area contributed by atoms with Gasteiger partial charge in [0.2, 0.25) is 0 Å². The van der Waals surface area contributed by atoms with Crippen LogP contribution in [0.5, 0.6) is 11.8 Å². The Labute approximate surface area is 215 Å². The molecule has 0 atom stereocenters. The van der Waals surface area contributed by atoms with Crippen molar-refractivity contribution >= 4 is 21.5 Å². The van der Waals surface area contributed by atoms with Gasteiger partial charge in [-0.1, -0.05) is 91.0 Å². The van der Waals surface area contributed by atoms with Gasteiger partial charge in [0.1, 0.15) is 5.75 Å². The zero-order valence-corrected chi connectivity index (χ0v) is 20.6. The average Bonchev–Trinajstić information content (AvgIpc) is 2.91. The predicted octanol–water partition coefficient (Wildman–Crippen LogP) is 7.67. The van der Waals surface area contributed by atoms with Gasteiger partial charge in [0.15, 0.2) is 11.6 Å². The van der Waals surface area contributed by atoms with Crippen LogP contribution in [0.3, 0.4) is 0 Å². The van der Waals surface area contributed by atoms with Gasteiger partial charge in [-0.2, -0.15) is 9.97 Å². The van der Waals surface area contributed by atoms with Gasteiger partial charge in [0.05, 0.1) is 11.7 Å². The Morgan fingerprint density at radius 3 is 1.68 bits per heavy atom. The van der Waals surface area contributed by atoms with Crippen LogP contribution in [0, 0.1) is 0 Å². The summed E-state index contributed by atoms with van der Waals surface area (Å²) in [6.07, 6.45) is -0.124. The lowest BCUT2D eigenvalue weighted by Crippen LogP contribution is -2.10. The van der Waals surface area contributed by atoms with E-state index in [0.29, 0.717) is 17.2 Å². The zero-order valence-electron chi connectivity index (χ0n) is 20.6. The van der Waals surface area contributed by atoms with Crippen LogP contribution in [-0.4, -0.2) is 26.2 Å². The third-order valence-electron chi connectivity index (χ3n) is 6.32. The number of para-hydroxylation sites is 1. The molecular weight excluding hydrogens is 458 g/mol. The van der Waals surface area contributed by atoms with Gasteiger partial charge in [-0.25, -0.2) is 4.98 Å². The SMILES string of the molecule is CC(C)Oc1nc(-c2ccccc2O)nc(-c2c3ccccc3c(-c3ccccc3)c3ccccc23)n1. The highest BCUT2D eigenvalue weighted by atomic mass is 16.5. The molecule has 5 nitrogen and oxygen atoms in total. The lowest BCUT2D eigenvalue weighted by Gasteiger charge is -2.17. The third-order valence-corrected chi connectivity index (χ3v) is 6.32. The number of phenols is 1. The normalized spacial score (nSPS) is 11.3. The second-order valence-electron chi connectivity index (χ2n) is 9.16. The van der Waals surface area contributed by atoms with E-state index in [2.05, 4.69) is 65.6 Å². The molecule has 37 heavy (non-hydrogen) atoms. The quantitative estimate of drug-likeness (QED) is 0.255. The first-order chi connectivity index (χ1) is 18.1. The van der Waals surface area contributed by atoms with Crippen LogP contribution in [0.15, 0.2) is 103 Å². The molecule has 6 aromatic rings. The minimum atomic E-state index is -0.124. The van der Waals surface area contributed by atoms with Gasteiger partial charge in [0.25, 0.3) is 0 Å². The van der Waals surface area contributed by atoms with Crippen molar-refractivity contribution in [2.75, 3.05) is 0 Å². The van der Waals surface area contributed by atoms with Crippen LogP contribution in [0.4, 0.5) is 0 Å². The van der Waals surface area contributed by atoms with Gasteiger partial charge in [-0.3, -0.25) is 0 Å². The van der Waals surface area contributed by atoms with Gasteiger partial charge in [0, 0.05) is 5.56 Å². The smallest absolute Gasteiger partial charge is 0.320 e. The number of rotatable bonds is 5. The molecule has 0 aliphatic rings. The molecule has 1 aromatic heterocycles. The Morgan fingerprint density at radius 2 is 1.08 bits per heavy atom. The Hall–Kier alpha value is -4.77. The van der Waals surface area contributed by atoms with Crippen LogP contribution in [0.2, 0.25) is 0 Å². The largest absolute Gasteiger partial charge is 0.507 e. The van der Waals surface area contributed by atoms with Gasteiger partial charge in [-0.05, 0) is 58.7 Å². The second-order valence-corrected chi connectivity index (χ2v) is 9.16. The lowest BCUT2D eigenvalue weighted by atomic mass is 9.88. The molecule has 5 heteroatoms. The van der Waals surface area contributed by atoms with E-state index in [9.17, 15) is 5.11 Å². The summed E-state index contributed by atoms with van der Waals surface area (Å²) in [5.41, 5.74) is 3.74. The molecule has 0 aliphatic carbocycles. The van der Waals surface area contributed by atoms with Crippen molar-refractivity contribution < 1.29 is 9.84 Å². The number of hydrogen-bond acceptors (Lipinski definition) is 5. The molecule has 0 unspecified atom stereocenters. The van der Waals surface area contributed by atoms with Crippen LogP contribution in [-0.2, 0) is 0 Å². The summed E-state index contributed by atoms with van der Waals surface area (Å²) in [6, 6.07) is 34.4. The second kappa shape index (κ2) is 9.36. The first kappa shape index (κ1) is 22.7. The van der Waals surface area contributed by atoms with E-state index in [-0.39, 0.29) is 17.9 Å². The summed E-state index contributed by atoms with van der Waals surface area (Å²) in [7, 11) is 0. The van der Waals surface area contributed by atoms with Crippen molar-refractivity contribution in [3.63, 3.8) is 0 Å². The van der Waals surface area contributed by atoms with Crippen LogP contribution >= 0.6 is 0 Å². The highest BCUT2D eigenvalue weighted by Gasteiger charge is 2.21. The molecule has 1 N–H and O–H groups in total. The van der Waals surface area contributed by atoms with Gasteiger partial charge < -0.3 is 9.84 Å². The number of nitrogens with zero attached hydrogens (tertiary/aromatic N) is 3. The van der Waals surface area contributed by atoms with E-state index < -0.39 is 0 Å². The van der Waals surface area contributed by atoms with Crippen molar-refractivity contribution in [2.24, 2.45) is 0 Å². The maximum absolute atomic E-state index is 10.6. The summed E-state index contributed by atoms with van der Waals surface area (Å²) in [5.74, 6) is 0.958. The summed E-state index contributed by atoms with van der Waals surface area (Å²) in [6.45, 7) is 3.87. The van der Waals surface area contributed by atoms with Crippen LogP contribution < -0.4 is 4.74 Å². The predicted molar refractivity (Wildman–Crippen MR) is 149 cm³/mol. The molecular formula is C32H25N3O2. The minimum Gasteiger partial charge on any atom is -0.507 e. The molecule has 180 valence electrons. The first-order valence-electron chi connectivity index (χ1n) is 12.3. The molecule has 0 saturated heterocycles. The standard InChI is InChI=1S/C32H25N3O2/c1-20(2)37-32-34-30(26-18-10-11-19-27(26)36)33-31(35-32)29-24-16-8-6-14-22(24)28(21-12-4-3-5-13-21)23-15-7-9-17-25(23)29/h3-20,36H,1-2H3. The molecule has 1 heterocycles. The summed E-state index contributed by atoms with van der Waals surface area (Å²) in [4.78, 5) is 14.2. The number of phenolic OH excluding ortho intramolecular Hbond substituents is 1. The van der Waals surface area contributed by atoms with Gasteiger partial charge in [-0.15, -0.1) is 0 Å². The van der Waals surface area contributed by atoms with Crippen molar-refractivity contribution in [3.05, 3.63) is 103 Å². The summed E-state index contributed by atoms with van der Waals surface area (Å²) >= 11 is 0. The van der Waals surface area contributed by atoms with E-state index in [1.807, 2.05) is 38.1 Å². The Balaban J connectivity index is 1.72. The summed E-state index contributed by atoms with van der Waals surface area (Å²) in [5, 5.41) is 14.8. The Bertz CT molecular complexity index is 1690. The molecule has 0 saturated carbocycles. The van der Waals surface area contributed by atoms with E-state index >= 15 is 0 Å². The van der Waals surface area contributed by atoms with E-state index in [4.69, 9.17) is 14.7 Å². The fourth-order valence-electron chi connectivity index (χ4n) is 4.80. The number of aromatic nitrogens is 3. The van der Waals surface area contributed by atoms with Crippen molar-refractivity contribution in [2.45, 2.75) is 20.0 Å².